The summed E-state index contributed by atoms with van der Waals surface area (Å²) in [4.78, 5) is 2.42. The molecule has 0 aliphatic rings. The molecule has 1 aromatic rings. The van der Waals surface area contributed by atoms with Gasteiger partial charge in [0.25, 0.3) is 0 Å². The molecule has 0 unspecified atom stereocenters. The second kappa shape index (κ2) is 12.4. The Morgan fingerprint density at radius 1 is 1.00 bits per heavy atom. The maximum atomic E-state index is 3.63. The lowest BCUT2D eigenvalue weighted by Crippen LogP contribution is -2.20. The van der Waals surface area contributed by atoms with Crippen LogP contribution in [-0.2, 0) is 0 Å². The first kappa shape index (κ1) is 16.9. The van der Waals surface area contributed by atoms with Crippen molar-refractivity contribution in [3.63, 3.8) is 0 Å². The van der Waals surface area contributed by atoms with Crippen LogP contribution in [0.25, 0.3) is 6.08 Å². The molecule has 0 N–H and O–H groups in total. The maximum Gasteiger partial charge on any atom is -0.00219 e. The molecule has 0 aliphatic heterocycles. The summed E-state index contributed by atoms with van der Waals surface area (Å²) >= 11 is 0. The molecule has 0 saturated heterocycles. The molecule has 0 aromatic heterocycles. The monoisotopic (exact) mass is 247 g/mol. The normalized spacial score (nSPS) is 9.78. The highest BCUT2D eigenvalue weighted by molar-refractivity contribution is 5.45. The molecule has 0 heterocycles. The lowest BCUT2D eigenvalue weighted by molar-refractivity contribution is 0.322. The first-order valence-electron chi connectivity index (χ1n) is 7.10. The standard InChI is InChI=1S/C9H21N.C8H8/c1-4-6-8-10(3)9-7-5-2;1-2-8-6-4-3-5-7-8/h4-9H2,1-3H3;2-7H,1H2. The number of hydrogen-bond donors (Lipinski definition) is 0. The van der Waals surface area contributed by atoms with Gasteiger partial charge in [0.2, 0.25) is 0 Å². The van der Waals surface area contributed by atoms with Crippen molar-refractivity contribution in [3.05, 3.63) is 42.5 Å². The number of benzene rings is 1. The molecule has 0 amide bonds. The van der Waals surface area contributed by atoms with Gasteiger partial charge >= 0.3 is 0 Å². The van der Waals surface area contributed by atoms with E-state index in [9.17, 15) is 0 Å². The van der Waals surface area contributed by atoms with E-state index >= 15 is 0 Å². The van der Waals surface area contributed by atoms with Crippen LogP contribution >= 0.6 is 0 Å². The van der Waals surface area contributed by atoms with Gasteiger partial charge in [-0.15, -0.1) is 0 Å². The van der Waals surface area contributed by atoms with E-state index in [0.717, 1.165) is 0 Å². The quantitative estimate of drug-likeness (QED) is 0.666. The van der Waals surface area contributed by atoms with Crippen molar-refractivity contribution < 1.29 is 0 Å². The number of nitrogens with zero attached hydrogens (tertiary/aromatic N) is 1. The maximum absolute atomic E-state index is 3.63. The van der Waals surface area contributed by atoms with Gasteiger partial charge in [0.05, 0.1) is 0 Å². The minimum Gasteiger partial charge on any atom is -0.306 e. The Hall–Kier alpha value is -1.08. The highest BCUT2D eigenvalue weighted by Gasteiger charge is 1.94. The minimum absolute atomic E-state index is 1.17. The summed E-state index contributed by atoms with van der Waals surface area (Å²) in [6.07, 6.45) is 7.16. The lowest BCUT2D eigenvalue weighted by atomic mass is 10.2. The largest absolute Gasteiger partial charge is 0.306 e. The van der Waals surface area contributed by atoms with Crippen LogP contribution in [0.5, 0.6) is 0 Å². The van der Waals surface area contributed by atoms with Crippen LogP contribution in [0.2, 0.25) is 0 Å². The summed E-state index contributed by atoms with van der Waals surface area (Å²) in [5.41, 5.74) is 1.17. The molecule has 0 bridgehead atoms. The Morgan fingerprint density at radius 2 is 1.50 bits per heavy atom. The van der Waals surface area contributed by atoms with E-state index in [1.807, 2.05) is 36.4 Å². The fourth-order valence-electron chi connectivity index (χ4n) is 1.56. The topological polar surface area (TPSA) is 3.24 Å². The van der Waals surface area contributed by atoms with Crippen molar-refractivity contribution in [1.29, 1.82) is 0 Å². The Labute approximate surface area is 114 Å². The molecular formula is C17H29N. The molecule has 0 fully saturated rings. The van der Waals surface area contributed by atoms with Gasteiger partial charge in [-0.1, -0.05) is 69.7 Å². The smallest absolute Gasteiger partial charge is 0.00219 e. The molecular weight excluding hydrogens is 218 g/mol. The SMILES string of the molecule is C=Cc1ccccc1.CCCCN(C)CCCC. The average molecular weight is 247 g/mol. The molecule has 0 atom stereocenters. The Morgan fingerprint density at radius 3 is 1.83 bits per heavy atom. The van der Waals surface area contributed by atoms with Crippen molar-refractivity contribution in [3.8, 4) is 0 Å². The van der Waals surface area contributed by atoms with Crippen molar-refractivity contribution in [2.75, 3.05) is 20.1 Å². The summed E-state index contributed by atoms with van der Waals surface area (Å²) < 4.78 is 0. The zero-order valence-electron chi connectivity index (χ0n) is 12.4. The predicted octanol–water partition coefficient (Wildman–Crippen LogP) is 4.85. The Balaban J connectivity index is 0.000000327. The lowest BCUT2D eigenvalue weighted by Gasteiger charge is -2.14. The van der Waals surface area contributed by atoms with Crippen LogP contribution < -0.4 is 0 Å². The molecule has 0 radical (unpaired) electrons. The highest BCUT2D eigenvalue weighted by Crippen LogP contribution is 1.97. The van der Waals surface area contributed by atoms with Gasteiger partial charge < -0.3 is 4.90 Å². The van der Waals surface area contributed by atoms with Crippen LogP contribution in [0.3, 0.4) is 0 Å². The number of hydrogen-bond acceptors (Lipinski definition) is 1. The van der Waals surface area contributed by atoms with E-state index < -0.39 is 0 Å². The summed E-state index contributed by atoms with van der Waals surface area (Å²) in [5.74, 6) is 0. The second-order valence-electron chi connectivity index (χ2n) is 4.63. The van der Waals surface area contributed by atoms with Gasteiger partial charge in [-0.3, -0.25) is 0 Å². The van der Waals surface area contributed by atoms with Crippen molar-refractivity contribution in [2.24, 2.45) is 0 Å². The molecule has 102 valence electrons. The van der Waals surface area contributed by atoms with Crippen LogP contribution in [0.4, 0.5) is 0 Å². The average Bonchev–Trinajstić information content (AvgIpc) is 2.44. The molecule has 1 heteroatoms. The molecule has 0 aliphatic carbocycles. The molecule has 1 nitrogen and oxygen atoms in total. The van der Waals surface area contributed by atoms with Crippen LogP contribution in [0.1, 0.15) is 45.1 Å². The van der Waals surface area contributed by atoms with Gasteiger partial charge in [0.15, 0.2) is 0 Å². The zero-order chi connectivity index (χ0) is 13.6. The van der Waals surface area contributed by atoms with Crippen LogP contribution in [0, 0.1) is 0 Å². The van der Waals surface area contributed by atoms with Crippen LogP contribution in [-0.4, -0.2) is 25.0 Å². The van der Waals surface area contributed by atoms with Crippen molar-refractivity contribution in [1.82, 2.24) is 4.90 Å². The van der Waals surface area contributed by atoms with Crippen molar-refractivity contribution >= 4 is 6.08 Å². The first-order chi connectivity index (χ1) is 8.74. The number of rotatable bonds is 7. The summed E-state index contributed by atoms with van der Waals surface area (Å²) in [6.45, 7) is 10.7. The fourth-order valence-corrected chi connectivity index (χ4v) is 1.56. The molecule has 18 heavy (non-hydrogen) atoms. The number of unbranched alkanes of at least 4 members (excludes halogenated alkanes) is 2. The van der Waals surface area contributed by atoms with Gasteiger partial charge in [-0.25, -0.2) is 0 Å². The third kappa shape index (κ3) is 10.1. The van der Waals surface area contributed by atoms with E-state index in [2.05, 4.69) is 32.4 Å². The first-order valence-corrected chi connectivity index (χ1v) is 7.10. The minimum atomic E-state index is 1.17. The van der Waals surface area contributed by atoms with E-state index in [1.165, 1.54) is 44.3 Å². The Kier molecular flexibility index (Phi) is 11.6. The molecule has 0 spiro atoms. The van der Waals surface area contributed by atoms with E-state index in [-0.39, 0.29) is 0 Å². The van der Waals surface area contributed by atoms with Gasteiger partial charge in [0.1, 0.15) is 0 Å². The van der Waals surface area contributed by atoms with Crippen LogP contribution in [0.15, 0.2) is 36.9 Å². The van der Waals surface area contributed by atoms with Gasteiger partial charge in [-0.05, 0) is 38.5 Å². The van der Waals surface area contributed by atoms with E-state index in [0.29, 0.717) is 0 Å². The van der Waals surface area contributed by atoms with Gasteiger partial charge in [-0.2, -0.15) is 0 Å². The van der Waals surface area contributed by atoms with Crippen molar-refractivity contribution in [2.45, 2.75) is 39.5 Å². The summed E-state index contributed by atoms with van der Waals surface area (Å²) in [5, 5.41) is 0. The zero-order valence-corrected chi connectivity index (χ0v) is 12.4. The van der Waals surface area contributed by atoms with E-state index in [4.69, 9.17) is 0 Å². The molecule has 0 saturated carbocycles. The van der Waals surface area contributed by atoms with Gasteiger partial charge in [0, 0.05) is 0 Å². The molecule has 1 aromatic carbocycles. The second-order valence-corrected chi connectivity index (χ2v) is 4.63. The predicted molar refractivity (Wildman–Crippen MR) is 83.8 cm³/mol. The Bertz CT molecular complexity index is 271. The summed E-state index contributed by atoms with van der Waals surface area (Å²) in [7, 11) is 2.21. The van der Waals surface area contributed by atoms with E-state index in [1.54, 1.807) is 0 Å². The highest BCUT2D eigenvalue weighted by atomic mass is 15.1. The third-order valence-electron chi connectivity index (χ3n) is 2.82. The third-order valence-corrected chi connectivity index (χ3v) is 2.82. The fraction of sp³-hybridized carbons (Fsp3) is 0.529. The summed E-state index contributed by atoms with van der Waals surface area (Å²) in [6, 6.07) is 10.0. The molecule has 1 rings (SSSR count).